The summed E-state index contributed by atoms with van der Waals surface area (Å²) in [6, 6.07) is 1.33. The maximum absolute atomic E-state index is 12.0. The average Bonchev–Trinajstić information content (AvgIpc) is 2.79. The molecule has 19 heavy (non-hydrogen) atoms. The minimum absolute atomic E-state index is 0.164. The Hall–Kier alpha value is -1.66. The molecule has 2 rings (SSSR count). The molecule has 2 aromatic heterocycles. The van der Waals surface area contributed by atoms with Gasteiger partial charge in [0.25, 0.3) is 5.91 Å². The topological polar surface area (TPSA) is 80.9 Å². The maximum atomic E-state index is 12.0. The molecule has 0 saturated heterocycles. The van der Waals surface area contributed by atoms with E-state index in [0.717, 1.165) is 10.7 Å². The van der Waals surface area contributed by atoms with E-state index >= 15 is 0 Å². The second kappa shape index (κ2) is 5.54. The smallest absolute Gasteiger partial charge is 0.253 e. The Bertz CT molecular complexity index is 614. The molecule has 2 aromatic rings. The van der Waals surface area contributed by atoms with Gasteiger partial charge in [0, 0.05) is 17.3 Å². The molecule has 100 valence electrons. The molecule has 0 aliphatic rings. The van der Waals surface area contributed by atoms with Gasteiger partial charge in [-0.1, -0.05) is 11.6 Å². The van der Waals surface area contributed by atoms with Crippen molar-refractivity contribution in [2.75, 3.05) is 5.73 Å². The predicted molar refractivity (Wildman–Crippen MR) is 76.4 cm³/mol. The lowest BCUT2D eigenvalue weighted by atomic mass is 10.2. The number of amides is 1. The number of aromatic nitrogens is 2. The molecule has 1 atom stereocenters. The van der Waals surface area contributed by atoms with Crippen LogP contribution in [0.4, 0.5) is 5.82 Å². The minimum Gasteiger partial charge on any atom is -0.382 e. The third-order valence-corrected chi connectivity index (χ3v) is 3.93. The Balaban J connectivity index is 2.10. The van der Waals surface area contributed by atoms with Crippen LogP contribution in [0.1, 0.15) is 34.0 Å². The lowest BCUT2D eigenvalue weighted by Crippen LogP contribution is -2.26. The summed E-state index contributed by atoms with van der Waals surface area (Å²) in [4.78, 5) is 20.2. The van der Waals surface area contributed by atoms with Gasteiger partial charge in [0.15, 0.2) is 0 Å². The molecule has 0 aliphatic heterocycles. The SMILES string of the molecule is Cc1csc(C(C)NC(=O)c2cnc(N)c(Cl)c2)n1. The molecule has 2 heterocycles. The summed E-state index contributed by atoms with van der Waals surface area (Å²) >= 11 is 7.35. The number of halogens is 1. The first-order chi connectivity index (χ1) is 8.97. The fourth-order valence-corrected chi connectivity index (χ4v) is 2.46. The lowest BCUT2D eigenvalue weighted by molar-refractivity contribution is 0.0939. The molecular formula is C12H13ClN4OS. The van der Waals surface area contributed by atoms with Gasteiger partial charge in [0.05, 0.1) is 16.6 Å². The van der Waals surface area contributed by atoms with Crippen LogP contribution in [0.15, 0.2) is 17.6 Å². The van der Waals surface area contributed by atoms with Gasteiger partial charge in [-0.15, -0.1) is 11.3 Å². The summed E-state index contributed by atoms with van der Waals surface area (Å²) in [5, 5.41) is 5.92. The third kappa shape index (κ3) is 3.21. The summed E-state index contributed by atoms with van der Waals surface area (Å²) in [6.45, 7) is 3.79. The first-order valence-electron chi connectivity index (χ1n) is 5.61. The molecule has 0 fully saturated rings. The van der Waals surface area contributed by atoms with Crippen LogP contribution in [-0.4, -0.2) is 15.9 Å². The number of nitrogens with two attached hydrogens (primary N) is 1. The van der Waals surface area contributed by atoms with Crippen LogP contribution < -0.4 is 11.1 Å². The van der Waals surface area contributed by atoms with Gasteiger partial charge in [0.2, 0.25) is 0 Å². The highest BCUT2D eigenvalue weighted by Crippen LogP contribution is 2.20. The number of hydrogen-bond acceptors (Lipinski definition) is 5. The number of thiazole rings is 1. The zero-order valence-electron chi connectivity index (χ0n) is 10.5. The van der Waals surface area contributed by atoms with Gasteiger partial charge in [-0.3, -0.25) is 4.79 Å². The number of carbonyl (C=O) groups is 1. The number of nitrogens with one attached hydrogen (secondary N) is 1. The van der Waals surface area contributed by atoms with Crippen LogP contribution in [0, 0.1) is 6.92 Å². The minimum atomic E-state index is -0.255. The normalized spacial score (nSPS) is 12.2. The summed E-state index contributed by atoms with van der Waals surface area (Å²) in [5.74, 6) is -0.0448. The van der Waals surface area contributed by atoms with E-state index in [9.17, 15) is 4.79 Å². The highest BCUT2D eigenvalue weighted by atomic mass is 35.5. The molecule has 0 saturated carbocycles. The van der Waals surface area contributed by atoms with Gasteiger partial charge in [-0.25, -0.2) is 9.97 Å². The van der Waals surface area contributed by atoms with Crippen molar-refractivity contribution in [2.24, 2.45) is 0 Å². The molecule has 7 heteroatoms. The summed E-state index contributed by atoms with van der Waals surface area (Å²) in [7, 11) is 0. The van der Waals surface area contributed by atoms with Crippen molar-refractivity contribution in [1.82, 2.24) is 15.3 Å². The maximum Gasteiger partial charge on any atom is 0.253 e. The molecule has 3 N–H and O–H groups in total. The van der Waals surface area contributed by atoms with Crippen LogP contribution >= 0.6 is 22.9 Å². The van der Waals surface area contributed by atoms with Gasteiger partial charge < -0.3 is 11.1 Å². The number of aryl methyl sites for hydroxylation is 1. The Kier molecular flexibility index (Phi) is 4.01. The molecule has 5 nitrogen and oxygen atoms in total. The van der Waals surface area contributed by atoms with E-state index in [0.29, 0.717) is 5.56 Å². The van der Waals surface area contributed by atoms with Gasteiger partial charge in [-0.2, -0.15) is 0 Å². The van der Waals surface area contributed by atoms with E-state index in [1.54, 1.807) is 0 Å². The predicted octanol–water partition coefficient (Wildman–Crippen LogP) is 2.57. The van der Waals surface area contributed by atoms with Crippen molar-refractivity contribution in [1.29, 1.82) is 0 Å². The van der Waals surface area contributed by atoms with Gasteiger partial charge in [-0.05, 0) is 19.9 Å². The fourth-order valence-electron chi connectivity index (χ4n) is 1.49. The first-order valence-corrected chi connectivity index (χ1v) is 6.87. The number of anilines is 1. The number of hydrogen-bond donors (Lipinski definition) is 2. The molecule has 0 bridgehead atoms. The quantitative estimate of drug-likeness (QED) is 0.912. The zero-order valence-corrected chi connectivity index (χ0v) is 12.0. The summed E-state index contributed by atoms with van der Waals surface area (Å²) in [5.41, 5.74) is 6.82. The fraction of sp³-hybridized carbons (Fsp3) is 0.250. The van der Waals surface area contributed by atoms with Crippen molar-refractivity contribution >= 4 is 34.7 Å². The van der Waals surface area contributed by atoms with E-state index in [-0.39, 0.29) is 22.8 Å². The average molecular weight is 297 g/mol. The number of carbonyl (C=O) groups excluding carboxylic acids is 1. The molecule has 0 radical (unpaired) electrons. The van der Waals surface area contributed by atoms with E-state index < -0.39 is 0 Å². The number of rotatable bonds is 3. The lowest BCUT2D eigenvalue weighted by Gasteiger charge is -2.11. The van der Waals surface area contributed by atoms with Crippen molar-refractivity contribution < 1.29 is 4.79 Å². The molecule has 0 spiro atoms. The molecule has 0 aliphatic carbocycles. The number of pyridine rings is 1. The number of nitrogens with zero attached hydrogens (tertiary/aromatic N) is 2. The summed E-state index contributed by atoms with van der Waals surface area (Å²) < 4.78 is 0. The second-order valence-electron chi connectivity index (χ2n) is 4.11. The Morgan fingerprint density at radius 1 is 1.58 bits per heavy atom. The van der Waals surface area contributed by atoms with E-state index in [2.05, 4.69) is 15.3 Å². The van der Waals surface area contributed by atoms with Crippen molar-refractivity contribution in [3.8, 4) is 0 Å². The zero-order chi connectivity index (χ0) is 14.0. The van der Waals surface area contributed by atoms with Crippen LogP contribution in [0.3, 0.4) is 0 Å². The van der Waals surface area contributed by atoms with E-state index in [1.165, 1.54) is 23.6 Å². The molecule has 0 aromatic carbocycles. The molecule has 1 unspecified atom stereocenters. The largest absolute Gasteiger partial charge is 0.382 e. The second-order valence-corrected chi connectivity index (χ2v) is 5.41. The Morgan fingerprint density at radius 2 is 2.32 bits per heavy atom. The van der Waals surface area contributed by atoms with Crippen molar-refractivity contribution in [2.45, 2.75) is 19.9 Å². The van der Waals surface area contributed by atoms with Crippen molar-refractivity contribution in [3.05, 3.63) is 38.9 Å². The van der Waals surface area contributed by atoms with Gasteiger partial charge >= 0.3 is 0 Å². The Labute approximate surface area is 119 Å². The van der Waals surface area contributed by atoms with Crippen LogP contribution in [0.5, 0.6) is 0 Å². The van der Waals surface area contributed by atoms with Gasteiger partial charge in [0.1, 0.15) is 10.8 Å². The first kappa shape index (κ1) is 13.8. The summed E-state index contributed by atoms with van der Waals surface area (Å²) in [6.07, 6.45) is 1.40. The van der Waals surface area contributed by atoms with Crippen LogP contribution in [-0.2, 0) is 0 Å². The monoisotopic (exact) mass is 296 g/mol. The van der Waals surface area contributed by atoms with Crippen molar-refractivity contribution in [3.63, 3.8) is 0 Å². The highest BCUT2D eigenvalue weighted by molar-refractivity contribution is 7.09. The molecule has 1 amide bonds. The van der Waals surface area contributed by atoms with E-state index in [4.69, 9.17) is 17.3 Å². The highest BCUT2D eigenvalue weighted by Gasteiger charge is 2.15. The Morgan fingerprint density at radius 3 is 2.89 bits per heavy atom. The van der Waals surface area contributed by atoms with Crippen LogP contribution in [0.25, 0.3) is 0 Å². The van der Waals surface area contributed by atoms with E-state index in [1.807, 2.05) is 19.2 Å². The van der Waals surface area contributed by atoms with Crippen LogP contribution in [0.2, 0.25) is 5.02 Å². The molecular weight excluding hydrogens is 284 g/mol. The number of nitrogen functional groups attached to an aromatic ring is 1. The standard InChI is InChI=1S/C12H13ClN4OS/c1-6-5-19-12(16-6)7(2)17-11(18)8-3-9(13)10(14)15-4-8/h3-5,7H,1-2H3,(H2,14,15)(H,17,18). The third-order valence-electron chi connectivity index (χ3n) is 2.49.